The first-order valence-corrected chi connectivity index (χ1v) is 17.1. The van der Waals surface area contributed by atoms with Gasteiger partial charge in [-0.1, -0.05) is 91.7 Å². The summed E-state index contributed by atoms with van der Waals surface area (Å²) in [5.74, 6) is -0.227. The Balaban J connectivity index is 1.76. The summed E-state index contributed by atoms with van der Waals surface area (Å²) in [6.45, 7) is 6.36. The number of benzene rings is 4. The van der Waals surface area contributed by atoms with Crippen LogP contribution < -0.4 is 14.4 Å². The van der Waals surface area contributed by atoms with Crippen LogP contribution in [0.15, 0.2) is 114 Å². The zero-order valence-corrected chi connectivity index (χ0v) is 27.6. The monoisotopic (exact) mass is 641 g/mol. The third-order valence-electron chi connectivity index (χ3n) is 7.62. The van der Waals surface area contributed by atoms with E-state index in [1.54, 1.807) is 24.3 Å². The molecule has 0 heterocycles. The van der Waals surface area contributed by atoms with E-state index < -0.39 is 28.5 Å². The van der Waals surface area contributed by atoms with Crippen LogP contribution in [0.2, 0.25) is 0 Å². The third-order valence-corrected chi connectivity index (χ3v) is 9.41. The van der Waals surface area contributed by atoms with Crippen molar-refractivity contribution in [3.05, 3.63) is 126 Å². The minimum atomic E-state index is -4.19. The molecule has 0 aliphatic heterocycles. The van der Waals surface area contributed by atoms with E-state index in [0.717, 1.165) is 33.8 Å². The molecule has 9 heteroatoms. The van der Waals surface area contributed by atoms with Crippen molar-refractivity contribution in [1.29, 1.82) is 0 Å². The number of carbonyl (C=O) groups excluding carboxylic acids is 2. The molecule has 0 aromatic heterocycles. The van der Waals surface area contributed by atoms with Gasteiger partial charge in [-0.3, -0.25) is 13.9 Å². The molecule has 0 aliphatic rings. The van der Waals surface area contributed by atoms with Gasteiger partial charge in [0.25, 0.3) is 10.0 Å². The van der Waals surface area contributed by atoms with Crippen molar-refractivity contribution in [3.63, 3.8) is 0 Å². The molecule has 4 aromatic rings. The molecule has 0 spiro atoms. The van der Waals surface area contributed by atoms with Gasteiger partial charge < -0.3 is 15.0 Å². The van der Waals surface area contributed by atoms with Crippen LogP contribution in [0.4, 0.5) is 5.69 Å². The number of nitrogens with zero attached hydrogens (tertiary/aromatic N) is 2. The minimum Gasteiger partial charge on any atom is -0.494 e. The van der Waals surface area contributed by atoms with Crippen molar-refractivity contribution in [2.24, 2.45) is 0 Å². The number of hydrogen-bond donors (Lipinski definition) is 1. The maximum Gasteiger partial charge on any atom is 0.264 e. The van der Waals surface area contributed by atoms with Gasteiger partial charge in [0.1, 0.15) is 18.3 Å². The van der Waals surface area contributed by atoms with Crippen molar-refractivity contribution < 1.29 is 22.7 Å². The van der Waals surface area contributed by atoms with E-state index in [2.05, 4.69) is 5.32 Å². The van der Waals surface area contributed by atoms with Crippen LogP contribution in [0.3, 0.4) is 0 Å². The van der Waals surface area contributed by atoms with Crippen LogP contribution in [-0.4, -0.2) is 50.9 Å². The summed E-state index contributed by atoms with van der Waals surface area (Å²) in [4.78, 5) is 29.8. The predicted molar refractivity (Wildman–Crippen MR) is 182 cm³/mol. The Morgan fingerprint density at radius 3 is 2.00 bits per heavy atom. The first kappa shape index (κ1) is 34.2. The summed E-state index contributed by atoms with van der Waals surface area (Å²) < 4.78 is 35.0. The highest BCUT2D eigenvalue weighted by Crippen LogP contribution is 2.27. The highest BCUT2D eigenvalue weighted by molar-refractivity contribution is 7.92. The molecule has 0 aliphatic carbocycles. The predicted octanol–water partition coefficient (Wildman–Crippen LogP) is 6.15. The number of sulfonamides is 1. The second-order valence-corrected chi connectivity index (χ2v) is 13.0. The topological polar surface area (TPSA) is 96.0 Å². The first-order valence-electron chi connectivity index (χ1n) is 15.7. The number of ether oxygens (including phenoxy) is 1. The minimum absolute atomic E-state index is 0.0251. The number of aryl methyl sites for hydroxylation is 1. The van der Waals surface area contributed by atoms with Gasteiger partial charge in [0.15, 0.2) is 0 Å². The maximum atomic E-state index is 14.5. The van der Waals surface area contributed by atoms with E-state index >= 15 is 0 Å². The second kappa shape index (κ2) is 16.6. The van der Waals surface area contributed by atoms with Crippen molar-refractivity contribution in [2.75, 3.05) is 24.0 Å². The Morgan fingerprint density at radius 2 is 1.41 bits per heavy atom. The lowest BCUT2D eigenvalue weighted by Crippen LogP contribution is -2.53. The molecule has 4 aromatic carbocycles. The van der Waals surface area contributed by atoms with E-state index in [9.17, 15) is 18.0 Å². The molecule has 1 unspecified atom stereocenters. The zero-order chi connectivity index (χ0) is 32.9. The molecule has 0 bridgehead atoms. The molecular weight excluding hydrogens is 598 g/mol. The fourth-order valence-electron chi connectivity index (χ4n) is 5.08. The molecule has 0 radical (unpaired) electrons. The van der Waals surface area contributed by atoms with Crippen LogP contribution >= 0.6 is 0 Å². The van der Waals surface area contributed by atoms with Gasteiger partial charge in [-0.25, -0.2) is 8.42 Å². The zero-order valence-electron chi connectivity index (χ0n) is 26.8. The Labute approximate surface area is 273 Å². The van der Waals surface area contributed by atoms with E-state index in [1.165, 1.54) is 17.0 Å². The van der Waals surface area contributed by atoms with Crippen LogP contribution in [0.25, 0.3) is 0 Å². The lowest BCUT2D eigenvalue weighted by atomic mass is 10.0. The summed E-state index contributed by atoms with van der Waals surface area (Å²) in [5, 5.41) is 3.01. The smallest absolute Gasteiger partial charge is 0.264 e. The molecule has 8 nitrogen and oxygen atoms in total. The molecule has 2 amide bonds. The Kier molecular flexibility index (Phi) is 12.4. The standard InChI is InChI=1S/C37H43N3O5S/c1-4-6-25-38-37(42)35(26-30-13-9-7-10-14-30)39(27-31-15-11-8-12-16-31)36(41)28-40(32-19-17-29(3)18-20-32)46(43,44)34-23-21-33(22-24-34)45-5-2/h7-24,35H,4-6,25-28H2,1-3H3,(H,38,42). The van der Waals surface area contributed by atoms with Crippen molar-refractivity contribution in [2.45, 2.75) is 57.5 Å². The molecule has 242 valence electrons. The second-order valence-electron chi connectivity index (χ2n) is 11.1. The van der Waals surface area contributed by atoms with Gasteiger partial charge in [0, 0.05) is 19.5 Å². The van der Waals surface area contributed by atoms with Gasteiger partial charge in [0.05, 0.1) is 17.2 Å². The lowest BCUT2D eigenvalue weighted by molar-refractivity contribution is -0.140. The van der Waals surface area contributed by atoms with Gasteiger partial charge >= 0.3 is 0 Å². The van der Waals surface area contributed by atoms with E-state index in [0.29, 0.717) is 24.6 Å². The highest BCUT2D eigenvalue weighted by atomic mass is 32.2. The third kappa shape index (κ3) is 9.20. The average Bonchev–Trinajstić information content (AvgIpc) is 3.07. The SMILES string of the molecule is CCCCNC(=O)C(Cc1ccccc1)N(Cc1ccccc1)C(=O)CN(c1ccc(C)cc1)S(=O)(=O)c1ccc(OCC)cc1. The van der Waals surface area contributed by atoms with Crippen LogP contribution in [0.1, 0.15) is 43.4 Å². The quantitative estimate of drug-likeness (QED) is 0.148. The highest BCUT2D eigenvalue weighted by Gasteiger charge is 2.34. The average molecular weight is 642 g/mol. The lowest BCUT2D eigenvalue weighted by Gasteiger charge is -2.34. The van der Waals surface area contributed by atoms with Crippen molar-refractivity contribution in [1.82, 2.24) is 10.2 Å². The summed E-state index contributed by atoms with van der Waals surface area (Å²) in [6, 6.07) is 31.2. The van der Waals surface area contributed by atoms with Crippen LogP contribution in [0, 0.1) is 6.92 Å². The van der Waals surface area contributed by atoms with Gasteiger partial charge in [-0.15, -0.1) is 0 Å². The summed E-state index contributed by atoms with van der Waals surface area (Å²) in [7, 11) is -4.19. The van der Waals surface area contributed by atoms with Gasteiger partial charge in [0.2, 0.25) is 11.8 Å². The number of rotatable bonds is 16. The molecule has 0 saturated heterocycles. The Bertz CT molecular complexity index is 1650. The molecule has 46 heavy (non-hydrogen) atoms. The normalized spacial score (nSPS) is 11.8. The number of hydrogen-bond acceptors (Lipinski definition) is 5. The van der Waals surface area contributed by atoms with Crippen LogP contribution in [-0.2, 0) is 32.6 Å². The van der Waals surface area contributed by atoms with Crippen LogP contribution in [0.5, 0.6) is 5.75 Å². The van der Waals surface area contributed by atoms with Gasteiger partial charge in [-0.2, -0.15) is 0 Å². The van der Waals surface area contributed by atoms with E-state index in [1.807, 2.05) is 93.6 Å². The summed E-state index contributed by atoms with van der Waals surface area (Å²) in [6.07, 6.45) is 1.98. The Morgan fingerprint density at radius 1 is 0.804 bits per heavy atom. The molecular formula is C37H43N3O5S. The number of anilines is 1. The molecule has 0 fully saturated rings. The number of amides is 2. The molecule has 0 saturated carbocycles. The van der Waals surface area contributed by atoms with E-state index in [4.69, 9.17) is 4.74 Å². The number of nitrogens with one attached hydrogen (secondary N) is 1. The van der Waals surface area contributed by atoms with Gasteiger partial charge in [-0.05, 0) is 67.8 Å². The van der Waals surface area contributed by atoms with E-state index in [-0.39, 0.29) is 23.8 Å². The summed E-state index contributed by atoms with van der Waals surface area (Å²) in [5.41, 5.74) is 3.01. The van der Waals surface area contributed by atoms with Crippen molar-refractivity contribution in [3.8, 4) is 5.75 Å². The number of unbranched alkanes of at least 4 members (excludes halogenated alkanes) is 1. The first-order chi connectivity index (χ1) is 22.2. The largest absolute Gasteiger partial charge is 0.494 e. The molecule has 1 atom stereocenters. The molecule has 1 N–H and O–H groups in total. The fraction of sp³-hybridized carbons (Fsp3) is 0.297. The Hall–Kier alpha value is -4.63. The molecule has 4 rings (SSSR count). The maximum absolute atomic E-state index is 14.5. The summed E-state index contributed by atoms with van der Waals surface area (Å²) >= 11 is 0. The number of carbonyl (C=O) groups is 2. The van der Waals surface area contributed by atoms with Crippen molar-refractivity contribution >= 4 is 27.5 Å². The fourth-order valence-corrected chi connectivity index (χ4v) is 6.50.